The fraction of sp³-hybridized carbons (Fsp3) is 0.846. The van der Waals surface area contributed by atoms with Crippen LogP contribution in [-0.4, -0.2) is 54.7 Å². The molecule has 1 aliphatic carbocycles. The van der Waals surface area contributed by atoms with Crippen molar-refractivity contribution in [2.75, 3.05) is 20.6 Å². The number of nitrogens with zero attached hydrogens (tertiary/aromatic N) is 1. The zero-order chi connectivity index (χ0) is 14.4. The van der Waals surface area contributed by atoms with E-state index in [0.29, 0.717) is 19.4 Å². The highest BCUT2D eigenvalue weighted by molar-refractivity contribution is 5.74. The van der Waals surface area contributed by atoms with Crippen molar-refractivity contribution in [3.05, 3.63) is 0 Å². The van der Waals surface area contributed by atoms with Gasteiger partial charge in [-0.2, -0.15) is 0 Å². The number of likely N-dealkylation sites (N-methyl/N-ethyl adjacent to an activating group) is 1. The second-order valence-corrected chi connectivity index (χ2v) is 5.57. The molecule has 2 amide bonds. The molecule has 0 aliphatic heterocycles. The Morgan fingerprint density at radius 3 is 2.63 bits per heavy atom. The minimum Gasteiger partial charge on any atom is -0.481 e. The maximum absolute atomic E-state index is 11.7. The van der Waals surface area contributed by atoms with Gasteiger partial charge in [0.2, 0.25) is 0 Å². The van der Waals surface area contributed by atoms with Gasteiger partial charge in [-0.1, -0.05) is 6.42 Å². The number of aliphatic carboxylic acids is 1. The fourth-order valence-electron chi connectivity index (χ4n) is 2.20. The van der Waals surface area contributed by atoms with E-state index in [1.807, 2.05) is 25.9 Å². The highest BCUT2D eigenvalue weighted by Gasteiger charge is 2.27. The third kappa shape index (κ3) is 5.46. The van der Waals surface area contributed by atoms with Crippen LogP contribution in [0.15, 0.2) is 0 Å². The van der Waals surface area contributed by atoms with E-state index in [1.54, 1.807) is 0 Å². The maximum Gasteiger partial charge on any atom is 0.315 e. The largest absolute Gasteiger partial charge is 0.481 e. The van der Waals surface area contributed by atoms with Crippen molar-refractivity contribution in [3.63, 3.8) is 0 Å². The number of carbonyl (C=O) groups excluding carboxylic acids is 1. The number of carboxylic acids is 1. The van der Waals surface area contributed by atoms with Gasteiger partial charge < -0.3 is 20.6 Å². The lowest BCUT2D eigenvalue weighted by Gasteiger charge is -2.28. The van der Waals surface area contributed by atoms with Gasteiger partial charge in [0.15, 0.2) is 0 Å². The molecule has 0 spiro atoms. The van der Waals surface area contributed by atoms with E-state index in [2.05, 4.69) is 10.6 Å². The summed E-state index contributed by atoms with van der Waals surface area (Å²) in [5.74, 6) is -1.08. The molecule has 3 unspecified atom stereocenters. The molecular weight excluding hydrogens is 246 g/mol. The van der Waals surface area contributed by atoms with Crippen LogP contribution in [0, 0.1) is 5.92 Å². The van der Waals surface area contributed by atoms with Crippen molar-refractivity contribution in [1.82, 2.24) is 15.5 Å². The molecule has 19 heavy (non-hydrogen) atoms. The standard InChI is InChI=1S/C13H25N3O3/c1-9(16(2)3)8-14-13(19)15-11-6-4-5-10(7-11)12(17)18/h9-11H,4-8H2,1-3H3,(H,17,18)(H2,14,15,19). The van der Waals surface area contributed by atoms with E-state index in [0.717, 1.165) is 12.8 Å². The lowest BCUT2D eigenvalue weighted by atomic mass is 9.86. The Balaban J connectivity index is 2.30. The van der Waals surface area contributed by atoms with Crippen LogP contribution in [0.1, 0.15) is 32.6 Å². The van der Waals surface area contributed by atoms with Gasteiger partial charge >= 0.3 is 12.0 Å². The second kappa shape index (κ2) is 7.33. The monoisotopic (exact) mass is 271 g/mol. The lowest BCUT2D eigenvalue weighted by molar-refractivity contribution is -0.143. The summed E-state index contributed by atoms with van der Waals surface area (Å²) in [4.78, 5) is 24.7. The predicted octanol–water partition coefficient (Wildman–Crippen LogP) is 0.879. The van der Waals surface area contributed by atoms with Crippen LogP contribution in [0.5, 0.6) is 0 Å². The zero-order valence-electron chi connectivity index (χ0n) is 12.0. The third-order valence-electron chi connectivity index (χ3n) is 3.80. The Bertz CT molecular complexity index is 320. The smallest absolute Gasteiger partial charge is 0.315 e. The number of carboxylic acid groups (broad SMARTS) is 1. The number of hydrogen-bond acceptors (Lipinski definition) is 3. The molecule has 0 radical (unpaired) electrons. The average molecular weight is 271 g/mol. The summed E-state index contributed by atoms with van der Waals surface area (Å²) in [6.07, 6.45) is 2.97. The summed E-state index contributed by atoms with van der Waals surface area (Å²) >= 11 is 0. The normalized spacial score (nSPS) is 24.8. The van der Waals surface area contributed by atoms with Gasteiger partial charge in [0.1, 0.15) is 0 Å². The van der Waals surface area contributed by atoms with Gasteiger partial charge in [-0.3, -0.25) is 4.79 Å². The van der Waals surface area contributed by atoms with Crippen molar-refractivity contribution in [2.45, 2.75) is 44.7 Å². The third-order valence-corrected chi connectivity index (χ3v) is 3.80. The fourth-order valence-corrected chi connectivity index (χ4v) is 2.20. The first-order valence-electron chi connectivity index (χ1n) is 6.83. The Morgan fingerprint density at radius 2 is 2.05 bits per heavy atom. The topological polar surface area (TPSA) is 81.7 Å². The van der Waals surface area contributed by atoms with Crippen molar-refractivity contribution < 1.29 is 14.7 Å². The summed E-state index contributed by atoms with van der Waals surface area (Å²) in [6, 6.07) is 0.0399. The van der Waals surface area contributed by atoms with Crippen LogP contribution in [0.2, 0.25) is 0 Å². The molecule has 0 bridgehead atoms. The van der Waals surface area contributed by atoms with E-state index in [9.17, 15) is 9.59 Å². The number of carbonyl (C=O) groups is 2. The Morgan fingerprint density at radius 1 is 1.37 bits per heavy atom. The predicted molar refractivity (Wildman–Crippen MR) is 73.1 cm³/mol. The molecule has 0 aromatic carbocycles. The van der Waals surface area contributed by atoms with E-state index < -0.39 is 5.97 Å². The highest BCUT2D eigenvalue weighted by Crippen LogP contribution is 2.24. The summed E-state index contributed by atoms with van der Waals surface area (Å²) in [6.45, 7) is 2.61. The molecule has 0 saturated heterocycles. The van der Waals surface area contributed by atoms with Crippen LogP contribution < -0.4 is 10.6 Å². The van der Waals surface area contributed by atoms with E-state index in [-0.39, 0.29) is 24.0 Å². The lowest BCUT2D eigenvalue weighted by Crippen LogP contribution is -2.47. The molecule has 3 N–H and O–H groups in total. The summed E-state index contributed by atoms with van der Waals surface area (Å²) in [5, 5.41) is 14.7. The number of urea groups is 1. The van der Waals surface area contributed by atoms with E-state index in [1.165, 1.54) is 0 Å². The quantitative estimate of drug-likeness (QED) is 0.693. The molecule has 1 saturated carbocycles. The van der Waals surface area contributed by atoms with Crippen LogP contribution >= 0.6 is 0 Å². The number of rotatable bonds is 5. The highest BCUT2D eigenvalue weighted by atomic mass is 16.4. The van der Waals surface area contributed by atoms with Crippen LogP contribution in [0.25, 0.3) is 0 Å². The number of nitrogens with one attached hydrogen (secondary N) is 2. The average Bonchev–Trinajstić information content (AvgIpc) is 2.36. The Kier molecular flexibility index (Phi) is 6.08. The van der Waals surface area contributed by atoms with Crippen molar-refractivity contribution in [2.24, 2.45) is 5.92 Å². The van der Waals surface area contributed by atoms with E-state index >= 15 is 0 Å². The summed E-state index contributed by atoms with van der Waals surface area (Å²) in [5.41, 5.74) is 0. The van der Waals surface area contributed by atoms with Gasteiger partial charge in [0.25, 0.3) is 0 Å². The summed E-state index contributed by atoms with van der Waals surface area (Å²) in [7, 11) is 3.92. The second-order valence-electron chi connectivity index (χ2n) is 5.57. The molecule has 0 heterocycles. The van der Waals surface area contributed by atoms with Crippen LogP contribution in [0.4, 0.5) is 4.79 Å². The van der Waals surface area contributed by atoms with Gasteiger partial charge in [0.05, 0.1) is 5.92 Å². The Hall–Kier alpha value is -1.30. The van der Waals surface area contributed by atoms with Crippen LogP contribution in [-0.2, 0) is 4.79 Å². The molecular formula is C13H25N3O3. The zero-order valence-corrected chi connectivity index (χ0v) is 12.0. The molecule has 1 fully saturated rings. The molecule has 0 aromatic rings. The molecule has 1 aliphatic rings. The molecule has 3 atom stereocenters. The van der Waals surface area contributed by atoms with E-state index in [4.69, 9.17) is 5.11 Å². The molecule has 0 aromatic heterocycles. The molecule has 1 rings (SSSR count). The van der Waals surface area contributed by atoms with Gasteiger partial charge in [-0.05, 0) is 40.3 Å². The van der Waals surface area contributed by atoms with Gasteiger partial charge in [-0.25, -0.2) is 4.79 Å². The molecule has 110 valence electrons. The SMILES string of the molecule is CC(CNC(=O)NC1CCCC(C(=O)O)C1)N(C)C. The van der Waals surface area contributed by atoms with Crippen molar-refractivity contribution >= 4 is 12.0 Å². The number of amides is 2. The molecule has 6 heteroatoms. The summed E-state index contributed by atoms with van der Waals surface area (Å²) < 4.78 is 0. The minimum atomic E-state index is -0.756. The van der Waals surface area contributed by atoms with Gasteiger partial charge in [0, 0.05) is 18.6 Å². The first-order valence-corrected chi connectivity index (χ1v) is 6.83. The Labute approximate surface area is 114 Å². The maximum atomic E-state index is 11.7. The molecule has 6 nitrogen and oxygen atoms in total. The number of hydrogen-bond donors (Lipinski definition) is 3. The van der Waals surface area contributed by atoms with Crippen LogP contribution in [0.3, 0.4) is 0 Å². The van der Waals surface area contributed by atoms with Crippen molar-refractivity contribution in [3.8, 4) is 0 Å². The van der Waals surface area contributed by atoms with Crippen molar-refractivity contribution in [1.29, 1.82) is 0 Å². The first-order chi connectivity index (χ1) is 8.90. The van der Waals surface area contributed by atoms with Gasteiger partial charge in [-0.15, -0.1) is 0 Å². The first kappa shape index (κ1) is 15.8. The minimum absolute atomic E-state index is 0.0236.